The van der Waals surface area contributed by atoms with Crippen molar-refractivity contribution >= 4 is 38.3 Å². The van der Waals surface area contributed by atoms with Crippen LogP contribution in [0.15, 0.2) is 53.6 Å². The van der Waals surface area contributed by atoms with Gasteiger partial charge in [-0.15, -0.1) is 0 Å². The average molecular weight is 390 g/mol. The molecule has 1 atom stereocenters. The van der Waals surface area contributed by atoms with Crippen LogP contribution in [0, 0.1) is 0 Å². The van der Waals surface area contributed by atoms with E-state index in [0.29, 0.717) is 27.4 Å². The zero-order chi connectivity index (χ0) is 18.7. The predicted molar refractivity (Wildman–Crippen MR) is 105 cm³/mol. The Labute approximate surface area is 158 Å². The van der Waals surface area contributed by atoms with E-state index in [1.54, 1.807) is 30.3 Å². The molecule has 0 amide bonds. The molecule has 5 nitrogen and oxygen atoms in total. The highest BCUT2D eigenvalue weighted by Gasteiger charge is 2.24. The van der Waals surface area contributed by atoms with Crippen molar-refractivity contribution < 1.29 is 8.42 Å². The topological polar surface area (TPSA) is 72.0 Å². The molecule has 0 bridgehead atoms. The van der Waals surface area contributed by atoms with Crippen molar-refractivity contribution in [3.63, 3.8) is 0 Å². The predicted octanol–water partition coefficient (Wildman–Crippen LogP) is 4.47. The highest BCUT2D eigenvalue weighted by molar-refractivity contribution is 7.90. The maximum absolute atomic E-state index is 13.0. The lowest BCUT2D eigenvalue weighted by Gasteiger charge is -2.16. The number of benzene rings is 2. The van der Waals surface area contributed by atoms with E-state index in [2.05, 4.69) is 15.3 Å². The van der Waals surface area contributed by atoms with Crippen molar-refractivity contribution in [3.05, 3.63) is 59.1 Å². The summed E-state index contributed by atoms with van der Waals surface area (Å²) in [4.78, 5) is 8.92. The van der Waals surface area contributed by atoms with Gasteiger partial charge in [0.05, 0.1) is 16.8 Å². The first-order valence-electron chi connectivity index (χ1n) is 8.39. The van der Waals surface area contributed by atoms with Crippen LogP contribution in [0.2, 0.25) is 5.02 Å². The van der Waals surface area contributed by atoms with Crippen LogP contribution in [0.5, 0.6) is 0 Å². The molecule has 0 unspecified atom stereocenters. The third-order valence-electron chi connectivity index (χ3n) is 4.10. The van der Waals surface area contributed by atoms with Gasteiger partial charge in [0, 0.05) is 11.1 Å². The Morgan fingerprint density at radius 2 is 1.65 bits per heavy atom. The van der Waals surface area contributed by atoms with E-state index in [4.69, 9.17) is 11.6 Å². The minimum absolute atomic E-state index is 0.0218. The molecule has 1 heterocycles. The van der Waals surface area contributed by atoms with Crippen molar-refractivity contribution in [2.45, 2.75) is 37.1 Å². The number of para-hydroxylation sites is 2. The van der Waals surface area contributed by atoms with Gasteiger partial charge >= 0.3 is 0 Å². The average Bonchev–Trinajstić information content (AvgIpc) is 2.62. The zero-order valence-corrected chi connectivity index (χ0v) is 16.2. The Hall–Kier alpha value is -2.18. The second kappa shape index (κ2) is 7.60. The van der Waals surface area contributed by atoms with Crippen LogP contribution in [0.3, 0.4) is 0 Å². The molecule has 3 aromatic rings. The number of nitrogens with zero attached hydrogens (tertiary/aromatic N) is 2. The Bertz CT molecular complexity index is 1020. The number of halogens is 1. The molecule has 0 radical (unpaired) electrons. The van der Waals surface area contributed by atoms with Crippen LogP contribution < -0.4 is 5.32 Å². The molecule has 0 aliphatic heterocycles. The maximum Gasteiger partial charge on any atom is 0.203 e. The molecular formula is C19H20ClN3O2S. The Balaban J connectivity index is 2.07. The molecule has 7 heteroatoms. The molecule has 0 aliphatic carbocycles. The standard InChI is InChI=1S/C19H20ClN3O2S/c1-3-13(2)21-18-19(23-17-7-5-4-6-16(17)22-18)26(24,25)12-14-8-10-15(20)11-9-14/h4-11,13H,3,12H2,1-2H3,(H,21,22)/t13-/m1/s1. The molecule has 26 heavy (non-hydrogen) atoms. The van der Waals surface area contributed by atoms with E-state index in [1.165, 1.54) is 0 Å². The zero-order valence-electron chi connectivity index (χ0n) is 14.6. The maximum atomic E-state index is 13.0. The van der Waals surface area contributed by atoms with Crippen LogP contribution >= 0.6 is 11.6 Å². The molecule has 0 aliphatic rings. The van der Waals surface area contributed by atoms with Crippen LogP contribution in [0.25, 0.3) is 11.0 Å². The Morgan fingerprint density at radius 3 is 2.27 bits per heavy atom. The van der Waals surface area contributed by atoms with E-state index in [-0.39, 0.29) is 16.8 Å². The molecule has 0 fully saturated rings. The number of aromatic nitrogens is 2. The fourth-order valence-corrected chi connectivity index (χ4v) is 4.03. The summed E-state index contributed by atoms with van der Waals surface area (Å²) in [6, 6.07) is 14.1. The third kappa shape index (κ3) is 4.14. The quantitative estimate of drug-likeness (QED) is 0.673. The Morgan fingerprint density at radius 1 is 1.04 bits per heavy atom. The number of rotatable bonds is 6. The van der Waals surface area contributed by atoms with Gasteiger partial charge in [0.1, 0.15) is 0 Å². The van der Waals surface area contributed by atoms with Gasteiger partial charge in [-0.25, -0.2) is 18.4 Å². The summed E-state index contributed by atoms with van der Waals surface area (Å²) in [5, 5.41) is 3.72. The summed E-state index contributed by atoms with van der Waals surface area (Å²) < 4.78 is 26.1. The molecule has 0 saturated carbocycles. The van der Waals surface area contributed by atoms with Crippen LogP contribution in [0.4, 0.5) is 5.82 Å². The van der Waals surface area contributed by atoms with Crippen LogP contribution in [0.1, 0.15) is 25.8 Å². The van der Waals surface area contributed by atoms with E-state index >= 15 is 0 Å². The number of hydrogen-bond acceptors (Lipinski definition) is 5. The summed E-state index contributed by atoms with van der Waals surface area (Å²) in [5.74, 6) is 0.138. The van der Waals surface area contributed by atoms with E-state index in [0.717, 1.165) is 6.42 Å². The minimum atomic E-state index is -3.68. The van der Waals surface area contributed by atoms with Gasteiger partial charge in [-0.1, -0.05) is 42.8 Å². The lowest BCUT2D eigenvalue weighted by molar-refractivity contribution is 0.591. The molecule has 0 spiro atoms. The van der Waals surface area contributed by atoms with Crippen LogP contribution in [-0.2, 0) is 15.6 Å². The highest BCUT2D eigenvalue weighted by Crippen LogP contribution is 2.25. The summed E-state index contributed by atoms with van der Waals surface area (Å²) in [6.45, 7) is 4.00. The summed E-state index contributed by atoms with van der Waals surface area (Å²) in [7, 11) is -3.68. The van der Waals surface area contributed by atoms with Gasteiger partial charge in [0.2, 0.25) is 9.84 Å². The number of sulfone groups is 1. The summed E-state index contributed by atoms with van der Waals surface area (Å²) in [6.07, 6.45) is 0.838. The smallest absolute Gasteiger partial charge is 0.203 e. The first kappa shape index (κ1) is 18.6. The first-order valence-corrected chi connectivity index (χ1v) is 10.4. The summed E-state index contributed by atoms with van der Waals surface area (Å²) >= 11 is 5.88. The molecular weight excluding hydrogens is 370 g/mol. The van der Waals surface area contributed by atoms with Gasteiger partial charge in [0.25, 0.3) is 0 Å². The lowest BCUT2D eigenvalue weighted by Crippen LogP contribution is -2.19. The number of nitrogens with one attached hydrogen (secondary N) is 1. The van der Waals surface area contributed by atoms with Gasteiger partial charge < -0.3 is 5.32 Å². The fraction of sp³-hybridized carbons (Fsp3) is 0.263. The monoisotopic (exact) mass is 389 g/mol. The van der Waals surface area contributed by atoms with Gasteiger partial charge in [-0.05, 0) is 43.2 Å². The second-order valence-electron chi connectivity index (χ2n) is 6.21. The van der Waals surface area contributed by atoms with Crippen molar-refractivity contribution in [3.8, 4) is 0 Å². The molecule has 1 aromatic heterocycles. The van der Waals surface area contributed by atoms with E-state index in [1.807, 2.05) is 32.0 Å². The number of anilines is 1. The van der Waals surface area contributed by atoms with Gasteiger partial charge in [-0.3, -0.25) is 0 Å². The SMILES string of the molecule is CC[C@@H](C)Nc1nc2ccccc2nc1S(=O)(=O)Cc1ccc(Cl)cc1. The Kier molecular flexibility index (Phi) is 5.44. The lowest BCUT2D eigenvalue weighted by atomic mass is 10.2. The molecule has 3 rings (SSSR count). The molecule has 2 aromatic carbocycles. The van der Waals surface area contributed by atoms with E-state index in [9.17, 15) is 8.42 Å². The van der Waals surface area contributed by atoms with Gasteiger partial charge in [0.15, 0.2) is 10.8 Å². The van der Waals surface area contributed by atoms with Crippen molar-refractivity contribution in [1.29, 1.82) is 0 Å². The largest absolute Gasteiger partial charge is 0.365 e. The fourth-order valence-electron chi connectivity index (χ4n) is 2.50. The minimum Gasteiger partial charge on any atom is -0.365 e. The molecule has 1 N–H and O–H groups in total. The summed E-state index contributed by atoms with van der Waals surface area (Å²) in [5.41, 5.74) is 1.86. The van der Waals surface area contributed by atoms with Crippen molar-refractivity contribution in [2.75, 3.05) is 5.32 Å². The number of hydrogen-bond donors (Lipinski definition) is 1. The first-order chi connectivity index (χ1) is 12.4. The van der Waals surface area contributed by atoms with Crippen LogP contribution in [-0.4, -0.2) is 24.4 Å². The molecule has 136 valence electrons. The van der Waals surface area contributed by atoms with E-state index < -0.39 is 9.84 Å². The molecule has 0 saturated heterocycles. The van der Waals surface area contributed by atoms with Gasteiger partial charge in [-0.2, -0.15) is 0 Å². The highest BCUT2D eigenvalue weighted by atomic mass is 35.5. The van der Waals surface area contributed by atoms with Crippen molar-refractivity contribution in [2.24, 2.45) is 0 Å². The third-order valence-corrected chi connectivity index (χ3v) is 5.94. The second-order valence-corrected chi connectivity index (χ2v) is 8.55. The number of fused-ring (bicyclic) bond motifs is 1. The van der Waals surface area contributed by atoms with Crippen molar-refractivity contribution in [1.82, 2.24) is 9.97 Å². The normalized spacial score (nSPS) is 12.9.